The molecule has 0 aliphatic carbocycles. The zero-order valence-corrected chi connectivity index (χ0v) is 14.8. The summed E-state index contributed by atoms with van der Waals surface area (Å²) in [6.07, 6.45) is 3.13. The molecule has 4 nitrogen and oxygen atoms in total. The third-order valence-electron chi connectivity index (χ3n) is 2.90. The highest BCUT2D eigenvalue weighted by molar-refractivity contribution is 9.10. The topological polar surface area (TPSA) is 50.4 Å². The molecule has 2 rings (SSSR count). The molecule has 0 fully saturated rings. The van der Waals surface area contributed by atoms with Crippen LogP contribution < -0.4 is 15.4 Å². The zero-order valence-electron chi connectivity index (χ0n) is 12.4. The van der Waals surface area contributed by atoms with E-state index in [9.17, 15) is 4.79 Å². The molecule has 0 bridgehead atoms. The number of thiocarbonyl (C=S) groups is 1. The number of rotatable bonds is 4. The SMILES string of the molecule is COc1ccc(/C=C/C(=O)NC(=S)Nc2ccccc2Br)cc1. The summed E-state index contributed by atoms with van der Waals surface area (Å²) in [5, 5.41) is 5.79. The maximum atomic E-state index is 11.9. The van der Waals surface area contributed by atoms with Crippen LogP contribution in [0.3, 0.4) is 0 Å². The van der Waals surface area contributed by atoms with Crippen molar-refractivity contribution in [2.45, 2.75) is 0 Å². The van der Waals surface area contributed by atoms with E-state index in [1.165, 1.54) is 6.08 Å². The lowest BCUT2D eigenvalue weighted by Crippen LogP contribution is -2.32. The number of ether oxygens (including phenoxy) is 1. The second-order valence-corrected chi connectivity index (χ2v) is 5.79. The van der Waals surface area contributed by atoms with Gasteiger partial charge in [0.15, 0.2) is 5.11 Å². The van der Waals surface area contributed by atoms with Gasteiger partial charge in [0.25, 0.3) is 0 Å². The summed E-state index contributed by atoms with van der Waals surface area (Å²) in [6.45, 7) is 0. The molecule has 2 aromatic rings. The normalized spacial score (nSPS) is 10.3. The zero-order chi connectivity index (χ0) is 16.7. The van der Waals surface area contributed by atoms with E-state index < -0.39 is 0 Å². The van der Waals surface area contributed by atoms with Crippen molar-refractivity contribution in [1.82, 2.24) is 5.32 Å². The molecule has 2 aromatic carbocycles. The second kappa shape index (κ2) is 8.45. The Morgan fingerprint density at radius 1 is 1.17 bits per heavy atom. The van der Waals surface area contributed by atoms with Crippen LogP contribution in [0, 0.1) is 0 Å². The first-order valence-corrected chi connectivity index (χ1v) is 7.97. The smallest absolute Gasteiger partial charge is 0.250 e. The number of carbonyl (C=O) groups excluding carboxylic acids is 1. The van der Waals surface area contributed by atoms with Crippen molar-refractivity contribution in [1.29, 1.82) is 0 Å². The molecule has 2 N–H and O–H groups in total. The minimum Gasteiger partial charge on any atom is -0.497 e. The van der Waals surface area contributed by atoms with Crippen LogP contribution in [0.1, 0.15) is 5.56 Å². The first kappa shape index (κ1) is 17.2. The van der Waals surface area contributed by atoms with Gasteiger partial charge in [-0.05, 0) is 64.1 Å². The summed E-state index contributed by atoms with van der Waals surface area (Å²) < 4.78 is 5.95. The van der Waals surface area contributed by atoms with Gasteiger partial charge in [0, 0.05) is 10.5 Å². The number of hydrogen-bond donors (Lipinski definition) is 2. The summed E-state index contributed by atoms with van der Waals surface area (Å²) in [7, 11) is 1.61. The fourth-order valence-electron chi connectivity index (χ4n) is 1.76. The van der Waals surface area contributed by atoms with Gasteiger partial charge in [-0.25, -0.2) is 0 Å². The Balaban J connectivity index is 1.89. The highest BCUT2D eigenvalue weighted by Gasteiger charge is 2.03. The van der Waals surface area contributed by atoms with E-state index in [0.29, 0.717) is 0 Å². The standard InChI is InChI=1S/C17H15BrN2O2S/c1-22-13-9-6-12(7-10-13)8-11-16(21)20-17(23)19-15-5-3-2-4-14(15)18/h2-11H,1H3,(H2,19,20,21,23)/b11-8+. The number of para-hydroxylation sites is 1. The number of hydrogen-bond acceptors (Lipinski definition) is 3. The largest absolute Gasteiger partial charge is 0.497 e. The summed E-state index contributed by atoms with van der Waals surface area (Å²) in [5.74, 6) is 0.468. The Labute approximate surface area is 148 Å². The number of benzene rings is 2. The molecule has 1 amide bonds. The summed E-state index contributed by atoms with van der Waals surface area (Å²) >= 11 is 8.53. The summed E-state index contributed by atoms with van der Waals surface area (Å²) in [5.41, 5.74) is 1.68. The second-order valence-electron chi connectivity index (χ2n) is 4.53. The molecule has 118 valence electrons. The molecule has 0 saturated carbocycles. The number of amides is 1. The molecule has 23 heavy (non-hydrogen) atoms. The minimum absolute atomic E-state index is 0.237. The molecule has 0 unspecified atom stereocenters. The van der Waals surface area contributed by atoms with Gasteiger partial charge >= 0.3 is 0 Å². The number of halogens is 1. The van der Waals surface area contributed by atoms with E-state index in [-0.39, 0.29) is 11.0 Å². The molecule has 0 atom stereocenters. The van der Waals surface area contributed by atoms with Crippen molar-refractivity contribution < 1.29 is 9.53 Å². The van der Waals surface area contributed by atoms with E-state index in [1.807, 2.05) is 48.5 Å². The summed E-state index contributed by atoms with van der Waals surface area (Å²) in [4.78, 5) is 11.9. The van der Waals surface area contributed by atoms with Gasteiger partial charge in [0.2, 0.25) is 5.91 Å². The fourth-order valence-corrected chi connectivity index (χ4v) is 2.35. The van der Waals surface area contributed by atoms with Crippen molar-refractivity contribution in [2.75, 3.05) is 12.4 Å². The Bertz CT molecular complexity index is 730. The van der Waals surface area contributed by atoms with Crippen LogP contribution in [0.25, 0.3) is 6.08 Å². The van der Waals surface area contributed by atoms with E-state index in [4.69, 9.17) is 17.0 Å². The van der Waals surface area contributed by atoms with Crippen LogP contribution in [0.4, 0.5) is 5.69 Å². The third kappa shape index (κ3) is 5.50. The van der Waals surface area contributed by atoms with E-state index >= 15 is 0 Å². The number of nitrogens with one attached hydrogen (secondary N) is 2. The van der Waals surface area contributed by atoms with Crippen molar-refractivity contribution in [3.63, 3.8) is 0 Å². The van der Waals surface area contributed by atoms with Gasteiger partial charge in [-0.2, -0.15) is 0 Å². The van der Waals surface area contributed by atoms with Crippen LogP contribution in [-0.2, 0) is 4.79 Å². The van der Waals surface area contributed by atoms with Crippen LogP contribution in [0.2, 0.25) is 0 Å². The first-order chi connectivity index (χ1) is 11.1. The molecule has 0 aliphatic rings. The molecule has 0 saturated heterocycles. The molecule has 0 heterocycles. The fraction of sp³-hybridized carbons (Fsp3) is 0.0588. The first-order valence-electron chi connectivity index (χ1n) is 6.77. The van der Waals surface area contributed by atoms with E-state index in [2.05, 4.69) is 26.6 Å². The van der Waals surface area contributed by atoms with E-state index in [1.54, 1.807) is 13.2 Å². The Morgan fingerprint density at radius 3 is 2.52 bits per heavy atom. The van der Waals surface area contributed by atoms with Crippen molar-refractivity contribution in [3.8, 4) is 5.75 Å². The van der Waals surface area contributed by atoms with E-state index in [0.717, 1.165) is 21.5 Å². The average molecular weight is 391 g/mol. The van der Waals surface area contributed by atoms with Gasteiger partial charge in [0.1, 0.15) is 5.75 Å². The van der Waals surface area contributed by atoms with Crippen LogP contribution >= 0.6 is 28.1 Å². The number of carbonyl (C=O) groups is 1. The van der Waals surface area contributed by atoms with Crippen LogP contribution in [0.15, 0.2) is 59.1 Å². The van der Waals surface area contributed by atoms with Crippen molar-refractivity contribution in [3.05, 3.63) is 64.6 Å². The van der Waals surface area contributed by atoms with Crippen LogP contribution in [-0.4, -0.2) is 18.1 Å². The highest BCUT2D eigenvalue weighted by Crippen LogP contribution is 2.20. The highest BCUT2D eigenvalue weighted by atomic mass is 79.9. The summed E-state index contributed by atoms with van der Waals surface area (Å²) in [6, 6.07) is 14.9. The quantitative estimate of drug-likeness (QED) is 0.612. The Hall–Kier alpha value is -2.18. The molecule has 0 radical (unpaired) electrons. The minimum atomic E-state index is -0.301. The van der Waals surface area contributed by atoms with Gasteiger partial charge < -0.3 is 10.1 Å². The number of methoxy groups -OCH3 is 1. The third-order valence-corrected chi connectivity index (χ3v) is 3.80. The molecule has 0 aromatic heterocycles. The lowest BCUT2D eigenvalue weighted by Gasteiger charge is -2.09. The van der Waals surface area contributed by atoms with Crippen molar-refractivity contribution in [2.24, 2.45) is 0 Å². The van der Waals surface area contributed by atoms with Gasteiger partial charge in [-0.15, -0.1) is 0 Å². The molecule has 0 spiro atoms. The lowest BCUT2D eigenvalue weighted by atomic mass is 10.2. The Morgan fingerprint density at radius 2 is 1.87 bits per heavy atom. The predicted octanol–water partition coefficient (Wildman–Crippen LogP) is 3.98. The van der Waals surface area contributed by atoms with Gasteiger partial charge in [-0.3, -0.25) is 10.1 Å². The predicted molar refractivity (Wildman–Crippen MR) is 101 cm³/mol. The molecule has 0 aliphatic heterocycles. The maximum absolute atomic E-state index is 11.9. The molecule has 6 heteroatoms. The van der Waals surface area contributed by atoms with Crippen molar-refractivity contribution >= 4 is 50.9 Å². The van der Waals surface area contributed by atoms with Crippen LogP contribution in [0.5, 0.6) is 5.75 Å². The Kier molecular flexibility index (Phi) is 6.31. The molecular weight excluding hydrogens is 376 g/mol. The average Bonchev–Trinajstić information content (AvgIpc) is 2.55. The van der Waals surface area contributed by atoms with Gasteiger partial charge in [0.05, 0.1) is 12.8 Å². The molecular formula is C17H15BrN2O2S. The lowest BCUT2D eigenvalue weighted by molar-refractivity contribution is -0.115. The maximum Gasteiger partial charge on any atom is 0.250 e. The number of anilines is 1. The monoisotopic (exact) mass is 390 g/mol. The van der Waals surface area contributed by atoms with Gasteiger partial charge in [-0.1, -0.05) is 24.3 Å².